The lowest BCUT2D eigenvalue weighted by Gasteiger charge is -2.07. The molecule has 0 aliphatic carbocycles. The van der Waals surface area contributed by atoms with Gasteiger partial charge in [-0.1, -0.05) is 46.9 Å². The Bertz CT molecular complexity index is 1030. The van der Waals surface area contributed by atoms with E-state index in [9.17, 15) is 4.79 Å². The van der Waals surface area contributed by atoms with E-state index in [0.717, 1.165) is 11.1 Å². The highest BCUT2D eigenvalue weighted by atomic mass is 35.5. The Hall–Kier alpha value is -2.47. The van der Waals surface area contributed by atoms with Gasteiger partial charge in [0, 0.05) is 21.7 Å². The number of halogens is 3. The van der Waals surface area contributed by atoms with Crippen LogP contribution in [0, 0.1) is 6.92 Å². The SMILES string of the molecule is Cc1ccc(-c2ccc(/C=N\NC(=O)COc3cc(Cl)ccc3Cl)o2)cc1Cl. The number of hydrogen-bond donors (Lipinski definition) is 1. The second-order valence-electron chi connectivity index (χ2n) is 5.82. The van der Waals surface area contributed by atoms with Crippen LogP contribution in [0.1, 0.15) is 11.3 Å². The van der Waals surface area contributed by atoms with Gasteiger partial charge in [0.25, 0.3) is 5.91 Å². The van der Waals surface area contributed by atoms with Gasteiger partial charge in [0.2, 0.25) is 0 Å². The van der Waals surface area contributed by atoms with Crippen LogP contribution in [0.3, 0.4) is 0 Å². The Balaban J connectivity index is 1.54. The van der Waals surface area contributed by atoms with Gasteiger partial charge in [-0.3, -0.25) is 4.79 Å². The highest BCUT2D eigenvalue weighted by molar-refractivity contribution is 6.34. The highest BCUT2D eigenvalue weighted by Gasteiger charge is 2.07. The molecule has 0 aliphatic heterocycles. The van der Waals surface area contributed by atoms with Crippen LogP contribution in [0.25, 0.3) is 11.3 Å². The number of aryl methyl sites for hydroxylation is 1. The van der Waals surface area contributed by atoms with E-state index in [1.54, 1.807) is 24.3 Å². The van der Waals surface area contributed by atoms with Gasteiger partial charge >= 0.3 is 0 Å². The van der Waals surface area contributed by atoms with Crippen LogP contribution in [0.5, 0.6) is 5.75 Å². The molecule has 0 saturated heterocycles. The molecule has 3 aromatic rings. The summed E-state index contributed by atoms with van der Waals surface area (Å²) in [6.45, 7) is 1.67. The second-order valence-corrected chi connectivity index (χ2v) is 7.07. The summed E-state index contributed by atoms with van der Waals surface area (Å²) in [7, 11) is 0. The zero-order valence-corrected chi connectivity index (χ0v) is 17.0. The molecule has 0 radical (unpaired) electrons. The first-order chi connectivity index (χ1) is 13.4. The molecule has 5 nitrogen and oxygen atoms in total. The fourth-order valence-corrected chi connectivity index (χ4v) is 2.77. The summed E-state index contributed by atoms with van der Waals surface area (Å²) in [5.41, 5.74) is 4.19. The fourth-order valence-electron chi connectivity index (χ4n) is 2.25. The average molecular weight is 438 g/mol. The lowest BCUT2D eigenvalue weighted by atomic mass is 10.1. The molecular formula is C20H15Cl3N2O3. The maximum Gasteiger partial charge on any atom is 0.277 e. The molecule has 1 heterocycles. The normalized spacial score (nSPS) is 11.0. The van der Waals surface area contributed by atoms with Crippen molar-refractivity contribution in [2.45, 2.75) is 6.92 Å². The topological polar surface area (TPSA) is 63.8 Å². The van der Waals surface area contributed by atoms with Crippen molar-refractivity contribution in [2.75, 3.05) is 6.61 Å². The fraction of sp³-hybridized carbons (Fsp3) is 0.100. The summed E-state index contributed by atoms with van der Waals surface area (Å²) < 4.78 is 11.0. The molecule has 0 bridgehead atoms. The van der Waals surface area contributed by atoms with E-state index in [0.29, 0.717) is 32.3 Å². The zero-order chi connectivity index (χ0) is 20.1. The van der Waals surface area contributed by atoms with Crippen molar-refractivity contribution in [3.05, 3.63) is 74.9 Å². The van der Waals surface area contributed by atoms with Gasteiger partial charge in [0.15, 0.2) is 6.61 Å². The molecule has 1 amide bonds. The van der Waals surface area contributed by atoms with Crippen LogP contribution in [0.15, 0.2) is 58.0 Å². The maximum absolute atomic E-state index is 11.8. The third kappa shape index (κ3) is 5.29. The van der Waals surface area contributed by atoms with Gasteiger partial charge in [-0.15, -0.1) is 0 Å². The number of benzene rings is 2. The van der Waals surface area contributed by atoms with E-state index < -0.39 is 5.91 Å². The van der Waals surface area contributed by atoms with Crippen molar-refractivity contribution < 1.29 is 13.9 Å². The molecule has 0 unspecified atom stereocenters. The van der Waals surface area contributed by atoms with Crippen LogP contribution < -0.4 is 10.2 Å². The van der Waals surface area contributed by atoms with E-state index in [4.69, 9.17) is 44.0 Å². The molecule has 0 fully saturated rings. The third-order valence-electron chi connectivity index (χ3n) is 3.72. The molecule has 1 N–H and O–H groups in total. The summed E-state index contributed by atoms with van der Waals surface area (Å²) in [6.07, 6.45) is 1.39. The number of hydrazone groups is 1. The summed E-state index contributed by atoms with van der Waals surface area (Å²) in [5.74, 6) is 0.990. The van der Waals surface area contributed by atoms with E-state index in [1.165, 1.54) is 12.3 Å². The minimum absolute atomic E-state index is 0.261. The van der Waals surface area contributed by atoms with Crippen molar-refractivity contribution in [2.24, 2.45) is 5.10 Å². The summed E-state index contributed by atoms with van der Waals surface area (Å²) >= 11 is 18.0. The lowest BCUT2D eigenvalue weighted by molar-refractivity contribution is -0.123. The highest BCUT2D eigenvalue weighted by Crippen LogP contribution is 2.28. The van der Waals surface area contributed by atoms with Crippen molar-refractivity contribution in [3.63, 3.8) is 0 Å². The van der Waals surface area contributed by atoms with Crippen LogP contribution in [0.2, 0.25) is 15.1 Å². The summed E-state index contributed by atoms with van der Waals surface area (Å²) in [4.78, 5) is 11.8. The van der Waals surface area contributed by atoms with Gasteiger partial charge in [-0.25, -0.2) is 5.43 Å². The lowest BCUT2D eigenvalue weighted by Crippen LogP contribution is -2.24. The summed E-state index contributed by atoms with van der Waals surface area (Å²) in [5, 5.41) is 5.33. The number of hydrogen-bond acceptors (Lipinski definition) is 4. The molecule has 0 saturated carbocycles. The predicted octanol–water partition coefficient (Wildman–Crippen LogP) is 5.74. The van der Waals surface area contributed by atoms with E-state index in [1.807, 2.05) is 25.1 Å². The first-order valence-electron chi connectivity index (χ1n) is 8.18. The van der Waals surface area contributed by atoms with E-state index in [2.05, 4.69) is 10.5 Å². The quantitative estimate of drug-likeness (QED) is 0.395. The number of carbonyl (C=O) groups is 1. The summed E-state index contributed by atoms with van der Waals surface area (Å²) in [6, 6.07) is 13.9. The molecular weight excluding hydrogens is 423 g/mol. The maximum atomic E-state index is 11.8. The Labute approximate surface area is 176 Å². The largest absolute Gasteiger partial charge is 0.482 e. The number of carbonyl (C=O) groups excluding carboxylic acids is 1. The Morgan fingerprint density at radius 1 is 1.11 bits per heavy atom. The van der Waals surface area contributed by atoms with Crippen molar-refractivity contribution >= 4 is 46.9 Å². The third-order valence-corrected chi connectivity index (χ3v) is 4.67. The zero-order valence-electron chi connectivity index (χ0n) is 14.7. The minimum atomic E-state index is -0.454. The van der Waals surface area contributed by atoms with Gasteiger partial charge < -0.3 is 9.15 Å². The number of nitrogens with zero attached hydrogens (tertiary/aromatic N) is 1. The molecule has 8 heteroatoms. The van der Waals surface area contributed by atoms with E-state index >= 15 is 0 Å². The number of amides is 1. The molecule has 144 valence electrons. The standard InChI is InChI=1S/C20H15Cl3N2O3/c1-12-2-3-13(8-17(12)23)18-7-5-15(28-18)10-24-25-20(26)11-27-19-9-14(21)4-6-16(19)22/h2-10H,11H2,1H3,(H,25,26)/b24-10-. The molecule has 2 aromatic carbocycles. The van der Waals surface area contributed by atoms with Crippen molar-refractivity contribution in [1.29, 1.82) is 0 Å². The van der Waals surface area contributed by atoms with Gasteiger partial charge in [0.1, 0.15) is 17.3 Å². The van der Waals surface area contributed by atoms with Crippen LogP contribution in [-0.4, -0.2) is 18.7 Å². The second kappa shape index (κ2) is 9.15. The first-order valence-corrected chi connectivity index (χ1v) is 9.32. The molecule has 0 spiro atoms. The monoisotopic (exact) mass is 436 g/mol. The van der Waals surface area contributed by atoms with Crippen LogP contribution in [0.4, 0.5) is 0 Å². The average Bonchev–Trinajstić information content (AvgIpc) is 3.13. The Morgan fingerprint density at radius 2 is 1.93 bits per heavy atom. The van der Waals surface area contributed by atoms with Crippen LogP contribution >= 0.6 is 34.8 Å². The van der Waals surface area contributed by atoms with Crippen LogP contribution in [-0.2, 0) is 4.79 Å². The Kier molecular flexibility index (Phi) is 6.62. The van der Waals surface area contributed by atoms with Gasteiger partial charge in [-0.05, 0) is 42.8 Å². The molecule has 0 aliphatic rings. The molecule has 1 aromatic heterocycles. The number of rotatable bonds is 6. The number of furan rings is 1. The minimum Gasteiger partial charge on any atom is -0.482 e. The molecule has 3 rings (SSSR count). The first kappa shape index (κ1) is 20.3. The van der Waals surface area contributed by atoms with Crippen molar-refractivity contribution in [3.8, 4) is 17.1 Å². The molecule has 28 heavy (non-hydrogen) atoms. The van der Waals surface area contributed by atoms with Crippen molar-refractivity contribution in [1.82, 2.24) is 5.43 Å². The number of ether oxygens (including phenoxy) is 1. The predicted molar refractivity (Wildman–Crippen MR) is 112 cm³/mol. The molecule has 0 atom stereocenters. The smallest absolute Gasteiger partial charge is 0.277 e. The Morgan fingerprint density at radius 3 is 2.71 bits per heavy atom. The van der Waals surface area contributed by atoms with Gasteiger partial charge in [0.05, 0.1) is 11.2 Å². The number of nitrogens with one attached hydrogen (secondary N) is 1. The van der Waals surface area contributed by atoms with E-state index in [-0.39, 0.29) is 6.61 Å². The van der Waals surface area contributed by atoms with Gasteiger partial charge in [-0.2, -0.15) is 5.10 Å².